The summed E-state index contributed by atoms with van der Waals surface area (Å²) < 4.78 is 5.10. The van der Waals surface area contributed by atoms with Gasteiger partial charge in [-0.1, -0.05) is 12.8 Å². The second-order valence-corrected chi connectivity index (χ2v) is 3.72. The third-order valence-electron chi connectivity index (χ3n) is 2.20. The van der Waals surface area contributed by atoms with Gasteiger partial charge in [-0.3, -0.25) is 0 Å². The maximum Gasteiger partial charge on any atom is 0.0897 e. The molecule has 1 atom stereocenters. The molecule has 0 rings (SSSR count). The van der Waals surface area contributed by atoms with Crippen LogP contribution in [0.25, 0.3) is 0 Å². The molecule has 0 fully saturated rings. The van der Waals surface area contributed by atoms with Crippen molar-refractivity contribution in [2.45, 2.75) is 38.7 Å². The van der Waals surface area contributed by atoms with Crippen LogP contribution in [0, 0.1) is 0 Å². The Bertz CT molecular complexity index is 123. The van der Waals surface area contributed by atoms with Gasteiger partial charge in [-0.15, -0.1) is 0 Å². The van der Waals surface area contributed by atoms with Crippen LogP contribution >= 0.6 is 0 Å². The van der Waals surface area contributed by atoms with Gasteiger partial charge in [0.2, 0.25) is 0 Å². The van der Waals surface area contributed by atoms with Gasteiger partial charge in [0, 0.05) is 13.2 Å². The lowest BCUT2D eigenvalue weighted by atomic mass is 10.2. The molecule has 0 spiro atoms. The zero-order valence-electron chi connectivity index (χ0n) is 9.87. The van der Waals surface area contributed by atoms with Crippen molar-refractivity contribution in [3.63, 3.8) is 0 Å². The van der Waals surface area contributed by atoms with Crippen molar-refractivity contribution >= 4 is 0 Å². The zero-order valence-corrected chi connectivity index (χ0v) is 9.87. The van der Waals surface area contributed by atoms with E-state index in [1.54, 1.807) is 0 Å². The molecule has 15 heavy (non-hydrogen) atoms. The van der Waals surface area contributed by atoms with Gasteiger partial charge < -0.3 is 20.9 Å². The van der Waals surface area contributed by atoms with E-state index in [1.165, 1.54) is 12.8 Å². The zero-order chi connectivity index (χ0) is 11.4. The van der Waals surface area contributed by atoms with Crippen molar-refractivity contribution in [2.75, 3.05) is 32.8 Å². The van der Waals surface area contributed by atoms with Crippen molar-refractivity contribution < 1.29 is 9.84 Å². The summed E-state index contributed by atoms with van der Waals surface area (Å²) in [5.41, 5.74) is 5.39. The maximum atomic E-state index is 9.42. The minimum Gasteiger partial charge on any atom is -0.389 e. The average molecular weight is 218 g/mol. The minimum absolute atomic E-state index is 0.381. The molecule has 0 bridgehead atoms. The lowest BCUT2D eigenvalue weighted by Crippen LogP contribution is -2.31. The summed E-state index contributed by atoms with van der Waals surface area (Å²) in [6.07, 6.45) is 4.31. The summed E-state index contributed by atoms with van der Waals surface area (Å²) in [6.45, 7) is 5.40. The van der Waals surface area contributed by atoms with Crippen LogP contribution in [0.15, 0.2) is 0 Å². The Morgan fingerprint density at radius 3 is 2.67 bits per heavy atom. The fourth-order valence-electron chi connectivity index (χ4n) is 1.33. The summed E-state index contributed by atoms with van der Waals surface area (Å²) in [7, 11) is 0. The van der Waals surface area contributed by atoms with Crippen molar-refractivity contribution in [1.82, 2.24) is 5.32 Å². The predicted molar refractivity (Wildman–Crippen MR) is 62.9 cm³/mol. The maximum absolute atomic E-state index is 9.42. The number of ether oxygens (including phenoxy) is 1. The molecular weight excluding hydrogens is 192 g/mol. The molecule has 0 radical (unpaired) electrons. The van der Waals surface area contributed by atoms with Gasteiger partial charge in [-0.25, -0.2) is 0 Å². The van der Waals surface area contributed by atoms with Gasteiger partial charge in [0.1, 0.15) is 0 Å². The Hall–Kier alpha value is -0.160. The van der Waals surface area contributed by atoms with Crippen LogP contribution in [-0.4, -0.2) is 44.1 Å². The highest BCUT2D eigenvalue weighted by Crippen LogP contribution is 1.96. The van der Waals surface area contributed by atoms with E-state index in [-0.39, 0.29) is 6.10 Å². The van der Waals surface area contributed by atoms with E-state index in [0.717, 1.165) is 25.9 Å². The van der Waals surface area contributed by atoms with Crippen molar-refractivity contribution in [2.24, 2.45) is 5.73 Å². The molecular formula is C11H26N2O2. The molecule has 0 aliphatic heterocycles. The Labute approximate surface area is 93.2 Å². The van der Waals surface area contributed by atoms with E-state index in [9.17, 15) is 5.11 Å². The second-order valence-electron chi connectivity index (χ2n) is 3.72. The molecule has 0 saturated carbocycles. The topological polar surface area (TPSA) is 67.5 Å². The van der Waals surface area contributed by atoms with E-state index in [0.29, 0.717) is 19.8 Å². The molecule has 4 N–H and O–H groups in total. The van der Waals surface area contributed by atoms with Crippen LogP contribution in [0.1, 0.15) is 32.6 Å². The summed E-state index contributed by atoms with van der Waals surface area (Å²) in [4.78, 5) is 0. The van der Waals surface area contributed by atoms with Crippen LogP contribution < -0.4 is 11.1 Å². The molecule has 0 aromatic carbocycles. The largest absolute Gasteiger partial charge is 0.389 e. The first-order valence-corrected chi connectivity index (χ1v) is 5.97. The van der Waals surface area contributed by atoms with Gasteiger partial charge in [0.15, 0.2) is 0 Å². The number of hydrogen-bond acceptors (Lipinski definition) is 4. The van der Waals surface area contributed by atoms with Gasteiger partial charge in [-0.2, -0.15) is 0 Å². The number of aliphatic hydroxyl groups is 1. The third-order valence-corrected chi connectivity index (χ3v) is 2.20. The molecule has 1 unspecified atom stereocenters. The summed E-state index contributed by atoms with van der Waals surface area (Å²) in [5.74, 6) is 0. The number of aliphatic hydroxyl groups excluding tert-OH is 1. The molecule has 92 valence electrons. The van der Waals surface area contributed by atoms with Crippen LogP contribution in [0.5, 0.6) is 0 Å². The van der Waals surface area contributed by atoms with E-state index >= 15 is 0 Å². The van der Waals surface area contributed by atoms with Crippen LogP contribution in [0.4, 0.5) is 0 Å². The average Bonchev–Trinajstić information content (AvgIpc) is 2.25. The highest BCUT2D eigenvalue weighted by Gasteiger charge is 2.01. The lowest BCUT2D eigenvalue weighted by molar-refractivity contribution is 0.0429. The number of rotatable bonds is 11. The van der Waals surface area contributed by atoms with E-state index in [2.05, 4.69) is 5.32 Å². The Morgan fingerprint density at radius 1 is 1.27 bits per heavy atom. The minimum atomic E-state index is -0.381. The molecule has 4 nitrogen and oxygen atoms in total. The van der Waals surface area contributed by atoms with Gasteiger partial charge in [-0.05, 0) is 32.9 Å². The molecule has 0 aromatic heterocycles. The first kappa shape index (κ1) is 14.8. The monoisotopic (exact) mass is 218 g/mol. The quantitative estimate of drug-likeness (QED) is 0.442. The van der Waals surface area contributed by atoms with Gasteiger partial charge in [0.05, 0.1) is 12.7 Å². The van der Waals surface area contributed by atoms with Crippen molar-refractivity contribution in [3.05, 3.63) is 0 Å². The Kier molecular flexibility index (Phi) is 11.8. The fourth-order valence-corrected chi connectivity index (χ4v) is 1.33. The number of nitrogens with one attached hydrogen (secondary N) is 1. The first-order valence-electron chi connectivity index (χ1n) is 5.97. The van der Waals surface area contributed by atoms with Crippen LogP contribution in [0.2, 0.25) is 0 Å². The molecule has 0 saturated heterocycles. The molecule has 0 amide bonds. The highest BCUT2D eigenvalue weighted by atomic mass is 16.5. The molecule has 0 aliphatic rings. The second kappa shape index (κ2) is 11.9. The van der Waals surface area contributed by atoms with Crippen molar-refractivity contribution in [1.29, 1.82) is 0 Å². The summed E-state index contributed by atoms with van der Waals surface area (Å²) in [6, 6.07) is 0. The molecule has 4 heteroatoms. The summed E-state index contributed by atoms with van der Waals surface area (Å²) in [5, 5.41) is 12.6. The van der Waals surface area contributed by atoms with E-state index in [1.807, 2.05) is 6.92 Å². The van der Waals surface area contributed by atoms with Crippen LogP contribution in [-0.2, 0) is 4.74 Å². The molecule has 0 aromatic rings. The predicted octanol–water partition coefficient (Wildman–Crippen LogP) is 0.493. The van der Waals surface area contributed by atoms with E-state index in [4.69, 9.17) is 10.5 Å². The van der Waals surface area contributed by atoms with E-state index < -0.39 is 0 Å². The standard InChI is InChI=1S/C11H26N2O2/c1-2-15-10-11(14)9-13-8-6-4-3-5-7-12/h11,13-14H,2-10,12H2,1H3. The van der Waals surface area contributed by atoms with Gasteiger partial charge in [0.25, 0.3) is 0 Å². The van der Waals surface area contributed by atoms with Gasteiger partial charge >= 0.3 is 0 Å². The normalized spacial score (nSPS) is 13.0. The first-order chi connectivity index (χ1) is 7.31. The molecule has 0 heterocycles. The van der Waals surface area contributed by atoms with Crippen LogP contribution in [0.3, 0.4) is 0 Å². The fraction of sp³-hybridized carbons (Fsp3) is 1.00. The summed E-state index contributed by atoms with van der Waals surface area (Å²) >= 11 is 0. The lowest BCUT2D eigenvalue weighted by Gasteiger charge is -2.11. The Morgan fingerprint density at radius 2 is 2.00 bits per heavy atom. The smallest absolute Gasteiger partial charge is 0.0897 e. The number of unbranched alkanes of at least 4 members (excludes halogenated alkanes) is 3. The number of hydrogen-bond donors (Lipinski definition) is 3. The number of nitrogens with two attached hydrogens (primary N) is 1. The third kappa shape index (κ3) is 11.8. The SMILES string of the molecule is CCOCC(O)CNCCCCCCN. The van der Waals surface area contributed by atoms with Crippen molar-refractivity contribution in [3.8, 4) is 0 Å². The highest BCUT2D eigenvalue weighted by molar-refractivity contribution is 4.58. The molecule has 0 aliphatic carbocycles. The Balaban J connectivity index is 3.02.